The molecular formula is C48H32N8O23S4. The molecule has 8 aromatic rings. The number of nitrogens with zero attached hydrogens (tertiary/aromatic N) is 6. The number of carboxylic acid groups (broad SMARTS) is 2. The monoisotopic (exact) mass is 1220 g/mol. The van der Waals surface area contributed by atoms with Crippen LogP contribution in [-0.2, 0) is 40.5 Å². The number of azo groups is 3. The summed E-state index contributed by atoms with van der Waals surface area (Å²) < 4.78 is 139. The third-order valence-corrected chi connectivity index (χ3v) is 15.0. The zero-order chi connectivity index (χ0) is 60.8. The van der Waals surface area contributed by atoms with Crippen LogP contribution < -0.4 is 10.6 Å². The van der Waals surface area contributed by atoms with E-state index in [2.05, 4.69) is 36.2 Å². The molecule has 426 valence electrons. The largest absolute Gasteiger partial charge is 0.594 e. The van der Waals surface area contributed by atoms with Crippen molar-refractivity contribution < 1.29 is 107 Å². The fraction of sp³-hybridized carbons (Fsp3) is 0. The molecule has 35 heteroatoms. The van der Waals surface area contributed by atoms with Crippen molar-refractivity contribution in [2.45, 2.75) is 19.6 Å². The van der Waals surface area contributed by atoms with Gasteiger partial charge in [0.25, 0.3) is 52.3 Å². The highest BCUT2D eigenvalue weighted by atomic mass is 32.2. The number of carbonyl (C=O) groups excluding carboxylic acids is 2. The van der Waals surface area contributed by atoms with E-state index in [1.54, 1.807) is 0 Å². The van der Waals surface area contributed by atoms with Crippen LogP contribution in [0.15, 0.2) is 166 Å². The van der Waals surface area contributed by atoms with E-state index >= 15 is 0 Å². The number of carbonyl (C=O) groups is 4. The normalized spacial score (nSPS) is 12.5. The zero-order valence-electron chi connectivity index (χ0n) is 40.6. The van der Waals surface area contributed by atoms with Crippen LogP contribution in [0, 0.1) is 5.21 Å². The van der Waals surface area contributed by atoms with Crippen molar-refractivity contribution in [3.05, 3.63) is 149 Å². The molecule has 0 spiro atoms. The molecule has 0 heterocycles. The Bertz CT molecular complexity index is 4750. The molecule has 8 aromatic carbocycles. The molecular weight excluding hydrogens is 1180 g/mol. The van der Waals surface area contributed by atoms with Crippen molar-refractivity contribution in [2.24, 2.45) is 25.6 Å². The predicted molar refractivity (Wildman–Crippen MR) is 283 cm³/mol. The topological polar surface area (TPSA) is 519 Å². The van der Waals surface area contributed by atoms with Crippen LogP contribution in [0.5, 0.6) is 23.0 Å². The SMILES string of the molecule is O=C(O)c1ccccc1C(=O)Nc1cc(S(=O)(=O)O)cc2cc(S(=O)(=O)O)c(N=Nc3ccc(N=[N+]([O-])c4ccc(N=Nc5c(S(=O)(=O)O)cc6cc(S(=O)(=O)O)cc(NC(=O)c7ccccc7C(=O)O)c6c5O)c(O)c4)cc3O)c(O)c12. The van der Waals surface area contributed by atoms with Crippen LogP contribution in [0.25, 0.3) is 21.5 Å². The number of aromatic hydroxyl groups is 4. The van der Waals surface area contributed by atoms with Crippen LogP contribution in [0.4, 0.5) is 45.5 Å². The average Bonchev–Trinajstić information content (AvgIpc) is 2.36. The third-order valence-electron chi connectivity index (χ3n) is 11.6. The number of benzene rings is 8. The second kappa shape index (κ2) is 21.9. The Morgan fingerprint density at radius 1 is 0.458 bits per heavy atom. The maximum atomic E-state index is 13.4. The zero-order valence-corrected chi connectivity index (χ0v) is 43.9. The van der Waals surface area contributed by atoms with Gasteiger partial charge in [-0.2, -0.15) is 33.7 Å². The lowest BCUT2D eigenvalue weighted by Gasteiger charge is -2.15. The van der Waals surface area contributed by atoms with Gasteiger partial charge in [-0.15, -0.1) is 20.5 Å². The van der Waals surface area contributed by atoms with E-state index in [-0.39, 0.29) is 10.5 Å². The Morgan fingerprint density at radius 3 is 1.20 bits per heavy atom. The summed E-state index contributed by atoms with van der Waals surface area (Å²) >= 11 is 0. The number of hydrogen-bond acceptors (Lipinski definition) is 22. The Labute approximate surface area is 463 Å². The molecule has 0 bridgehead atoms. The fourth-order valence-electron chi connectivity index (χ4n) is 7.86. The first kappa shape index (κ1) is 58.7. The molecule has 0 aliphatic heterocycles. The van der Waals surface area contributed by atoms with E-state index in [1.807, 2.05) is 0 Å². The highest BCUT2D eigenvalue weighted by Gasteiger charge is 2.30. The van der Waals surface area contributed by atoms with Gasteiger partial charge in [-0.25, -0.2) is 9.59 Å². The maximum absolute atomic E-state index is 13.4. The van der Waals surface area contributed by atoms with Gasteiger partial charge < -0.3 is 46.5 Å². The number of phenolic OH excluding ortho intramolecular Hbond substituents is 4. The summed E-state index contributed by atoms with van der Waals surface area (Å²) in [6.45, 7) is 0. The number of hydrogen-bond donors (Lipinski definition) is 12. The minimum absolute atomic E-state index is 0.108. The van der Waals surface area contributed by atoms with Gasteiger partial charge in [-0.1, -0.05) is 24.3 Å². The standard InChI is InChI=1S/C48H32N8O23S4/c57-35-17-23(9-11-31(35)51-53-41-37(82(74,75)76)15-21-13-25(80(68,69)70)19-33(39(21)43(41)59)49-45(61)27-5-1-3-7-29(27)47(63)64)55-56(67)24-10-12-32(36(58)18-24)52-54-42-38(83(77,78)79)16-22-14-26(81(71,72)73)20-34(40(22)44(42)60)50-46(62)28-6-2-4-8-30(28)48(65)66/h1-20,57-60H,(H,49,61)(H,50,62)(H,63,64)(H,65,66)(H,68,69,70)(H,71,72,73)(H,74,75,76)(H,77,78,79). The van der Waals surface area contributed by atoms with Crippen LogP contribution >= 0.6 is 0 Å². The van der Waals surface area contributed by atoms with Crippen molar-refractivity contribution in [1.82, 2.24) is 0 Å². The second-order valence-corrected chi connectivity index (χ2v) is 22.5. The summed E-state index contributed by atoms with van der Waals surface area (Å²) in [5.74, 6) is -9.63. The second-order valence-electron chi connectivity index (χ2n) is 16.9. The molecule has 0 atom stereocenters. The smallest absolute Gasteiger partial charge is 0.336 e. The minimum Gasteiger partial charge on any atom is -0.594 e. The van der Waals surface area contributed by atoms with Gasteiger partial charge in [-0.3, -0.25) is 27.8 Å². The predicted octanol–water partition coefficient (Wildman–Crippen LogP) is 8.46. The van der Waals surface area contributed by atoms with E-state index in [9.17, 15) is 107 Å². The molecule has 0 aliphatic carbocycles. The number of rotatable bonds is 16. The molecule has 0 unspecified atom stereocenters. The number of carboxylic acids is 2. The summed E-state index contributed by atoms with van der Waals surface area (Å²) in [6, 6.07) is 18.5. The molecule has 0 aromatic heterocycles. The molecule has 31 nitrogen and oxygen atoms in total. The molecule has 83 heavy (non-hydrogen) atoms. The Morgan fingerprint density at radius 2 is 0.843 bits per heavy atom. The quantitative estimate of drug-likeness (QED) is 0.0187. The Kier molecular flexibility index (Phi) is 15.5. The van der Waals surface area contributed by atoms with Gasteiger partial charge in [0.15, 0.2) is 11.5 Å². The molecule has 0 saturated carbocycles. The third kappa shape index (κ3) is 12.3. The van der Waals surface area contributed by atoms with Gasteiger partial charge in [0.1, 0.15) is 49.7 Å². The van der Waals surface area contributed by atoms with E-state index in [0.717, 1.165) is 60.7 Å². The molecule has 12 N–H and O–H groups in total. The van der Waals surface area contributed by atoms with E-state index < -0.39 is 190 Å². The number of amides is 2. The van der Waals surface area contributed by atoms with Crippen LogP contribution in [-0.4, -0.2) is 111 Å². The van der Waals surface area contributed by atoms with Crippen LogP contribution in [0.2, 0.25) is 0 Å². The Hall–Kier alpha value is -10.4. The summed E-state index contributed by atoms with van der Waals surface area (Å²) in [5.41, 5.74) is -7.39. The summed E-state index contributed by atoms with van der Waals surface area (Å²) in [7, 11) is -21.2. The lowest BCUT2D eigenvalue weighted by molar-refractivity contribution is -0.435. The van der Waals surface area contributed by atoms with Gasteiger partial charge in [-0.05, 0) is 94.5 Å². The average molecular weight is 1220 g/mol. The number of anilines is 2. The van der Waals surface area contributed by atoms with Crippen molar-refractivity contribution >= 4 is 131 Å². The first-order valence-electron chi connectivity index (χ1n) is 22.3. The molecule has 0 saturated heterocycles. The van der Waals surface area contributed by atoms with E-state index in [0.29, 0.717) is 36.4 Å². The van der Waals surface area contributed by atoms with E-state index in [1.165, 1.54) is 24.3 Å². The van der Waals surface area contributed by atoms with Crippen molar-refractivity contribution in [1.29, 1.82) is 0 Å². The fourth-order valence-corrected chi connectivity index (χ4v) is 10.3. The van der Waals surface area contributed by atoms with E-state index in [4.69, 9.17) is 0 Å². The van der Waals surface area contributed by atoms with Crippen molar-refractivity contribution in [2.75, 3.05) is 10.6 Å². The molecule has 0 fully saturated rings. The molecule has 2 amide bonds. The first-order chi connectivity index (χ1) is 38.7. The van der Waals surface area contributed by atoms with Crippen molar-refractivity contribution in [3.63, 3.8) is 0 Å². The highest BCUT2D eigenvalue weighted by molar-refractivity contribution is 7.86. The Balaban J connectivity index is 1.11. The molecule has 8 rings (SSSR count). The lowest BCUT2D eigenvalue weighted by Crippen LogP contribution is -2.17. The van der Waals surface area contributed by atoms with Crippen LogP contribution in [0.3, 0.4) is 0 Å². The lowest BCUT2D eigenvalue weighted by atomic mass is 10.0. The first-order valence-corrected chi connectivity index (χ1v) is 28.0. The summed E-state index contributed by atoms with van der Waals surface area (Å²) in [5, 5.41) is 97.6. The maximum Gasteiger partial charge on any atom is 0.336 e. The summed E-state index contributed by atoms with van der Waals surface area (Å²) in [6.07, 6.45) is 0. The molecule has 0 radical (unpaired) electrons. The van der Waals surface area contributed by atoms with Gasteiger partial charge in [0, 0.05) is 28.0 Å². The van der Waals surface area contributed by atoms with Gasteiger partial charge in [0.2, 0.25) is 5.69 Å². The van der Waals surface area contributed by atoms with Crippen LogP contribution in [0.1, 0.15) is 41.4 Å². The number of nitrogens with one attached hydrogen (secondary N) is 2. The minimum atomic E-state index is -5.43. The highest BCUT2D eigenvalue weighted by Crippen LogP contribution is 2.48. The number of aromatic carboxylic acids is 2. The number of phenols is 4. The van der Waals surface area contributed by atoms with Crippen molar-refractivity contribution in [3.8, 4) is 23.0 Å². The molecule has 0 aliphatic rings. The summed E-state index contributed by atoms with van der Waals surface area (Å²) in [4.78, 5) is 45.9. The number of fused-ring (bicyclic) bond motifs is 2. The van der Waals surface area contributed by atoms with Gasteiger partial charge in [0.05, 0.1) is 49.5 Å². The van der Waals surface area contributed by atoms with Gasteiger partial charge >= 0.3 is 11.9 Å².